The number of rotatable bonds is 8. The summed E-state index contributed by atoms with van der Waals surface area (Å²) in [6.07, 6.45) is 0. The van der Waals surface area contributed by atoms with Crippen molar-refractivity contribution in [2.45, 2.75) is 12.1 Å². The summed E-state index contributed by atoms with van der Waals surface area (Å²) in [6.45, 7) is 2.03. The van der Waals surface area contributed by atoms with Crippen molar-refractivity contribution in [1.82, 2.24) is 14.8 Å². The van der Waals surface area contributed by atoms with Crippen LogP contribution in [0.1, 0.15) is 15.9 Å². The molecule has 3 aromatic carbocycles. The number of nitrogens with one attached hydrogen (secondary N) is 2. The highest BCUT2D eigenvalue weighted by atomic mass is 32.2. The number of hydrogen-bond acceptors (Lipinski definition) is 6. The molecule has 8 nitrogen and oxygen atoms in total. The van der Waals surface area contributed by atoms with Gasteiger partial charge < -0.3 is 19.9 Å². The first-order valence-electron chi connectivity index (χ1n) is 10.9. The molecule has 0 radical (unpaired) electrons. The van der Waals surface area contributed by atoms with E-state index in [4.69, 9.17) is 4.74 Å². The predicted octanol–water partition coefficient (Wildman–Crippen LogP) is 4.78. The van der Waals surface area contributed by atoms with Gasteiger partial charge in [0.25, 0.3) is 5.91 Å². The molecule has 0 spiro atoms. The number of anilines is 2. The molecule has 4 rings (SSSR count). The van der Waals surface area contributed by atoms with Gasteiger partial charge in [0, 0.05) is 23.9 Å². The standard InChI is InChI=1S/C26H25N5O3S/c1-17-8-4-5-9-20(17)24-29-30-26(31(24)2)35-16-23(32)27-19-14-12-18(13-15-19)25(33)28-21-10-6-7-11-22(21)34-3/h4-15H,16H2,1-3H3,(H,27,32)(H,28,33). The van der Waals surface area contributed by atoms with Gasteiger partial charge in [-0.25, -0.2) is 0 Å². The maximum absolute atomic E-state index is 12.6. The molecule has 1 aromatic heterocycles. The van der Waals surface area contributed by atoms with E-state index in [1.54, 1.807) is 43.5 Å². The average molecular weight is 488 g/mol. The monoisotopic (exact) mass is 487 g/mol. The lowest BCUT2D eigenvalue weighted by Crippen LogP contribution is -2.15. The molecule has 178 valence electrons. The number of benzene rings is 3. The highest BCUT2D eigenvalue weighted by molar-refractivity contribution is 7.99. The van der Waals surface area contributed by atoms with E-state index in [0.29, 0.717) is 27.8 Å². The smallest absolute Gasteiger partial charge is 0.255 e. The third kappa shape index (κ3) is 5.70. The molecule has 2 N–H and O–H groups in total. The van der Waals surface area contributed by atoms with Crippen LogP contribution in [0.4, 0.5) is 11.4 Å². The maximum atomic E-state index is 12.6. The SMILES string of the molecule is COc1ccccc1NC(=O)c1ccc(NC(=O)CSc2nnc(-c3ccccc3C)n2C)cc1. The second kappa shape index (κ2) is 10.9. The van der Waals surface area contributed by atoms with Gasteiger partial charge in [-0.2, -0.15) is 0 Å². The zero-order valence-electron chi connectivity index (χ0n) is 19.6. The lowest BCUT2D eigenvalue weighted by Gasteiger charge is -2.10. The van der Waals surface area contributed by atoms with Gasteiger partial charge in [-0.05, 0) is 48.9 Å². The van der Waals surface area contributed by atoms with E-state index in [1.807, 2.05) is 54.9 Å². The van der Waals surface area contributed by atoms with Gasteiger partial charge in [-0.15, -0.1) is 10.2 Å². The summed E-state index contributed by atoms with van der Waals surface area (Å²) in [5, 5.41) is 14.9. The third-order valence-electron chi connectivity index (χ3n) is 5.34. The highest BCUT2D eigenvalue weighted by Crippen LogP contribution is 2.26. The van der Waals surface area contributed by atoms with Crippen LogP contribution in [0.3, 0.4) is 0 Å². The Balaban J connectivity index is 1.33. The summed E-state index contributed by atoms with van der Waals surface area (Å²) < 4.78 is 7.15. The minimum Gasteiger partial charge on any atom is -0.495 e. The Morgan fingerprint density at radius 2 is 1.66 bits per heavy atom. The molecule has 0 saturated carbocycles. The molecule has 0 unspecified atom stereocenters. The average Bonchev–Trinajstić information content (AvgIpc) is 3.23. The minimum absolute atomic E-state index is 0.176. The van der Waals surface area contributed by atoms with Crippen LogP contribution in [0.5, 0.6) is 5.75 Å². The molecular formula is C26H25N5O3S. The van der Waals surface area contributed by atoms with Crippen LogP contribution in [-0.2, 0) is 11.8 Å². The Morgan fingerprint density at radius 1 is 0.943 bits per heavy atom. The van der Waals surface area contributed by atoms with Gasteiger partial charge in [-0.3, -0.25) is 9.59 Å². The molecule has 0 fully saturated rings. The summed E-state index contributed by atoms with van der Waals surface area (Å²) in [7, 11) is 3.44. The number of para-hydroxylation sites is 2. The number of carbonyl (C=O) groups is 2. The molecule has 4 aromatic rings. The van der Waals surface area contributed by atoms with Crippen LogP contribution in [0.25, 0.3) is 11.4 Å². The number of aromatic nitrogens is 3. The highest BCUT2D eigenvalue weighted by Gasteiger charge is 2.15. The fraction of sp³-hybridized carbons (Fsp3) is 0.154. The number of nitrogens with zero attached hydrogens (tertiary/aromatic N) is 3. The number of methoxy groups -OCH3 is 1. The normalized spacial score (nSPS) is 10.6. The zero-order chi connectivity index (χ0) is 24.8. The van der Waals surface area contributed by atoms with Crippen molar-refractivity contribution in [3.63, 3.8) is 0 Å². The van der Waals surface area contributed by atoms with E-state index >= 15 is 0 Å². The Hall–Kier alpha value is -4.11. The minimum atomic E-state index is -0.269. The molecule has 0 bridgehead atoms. The molecule has 0 aliphatic carbocycles. The van der Waals surface area contributed by atoms with Crippen molar-refractivity contribution in [3.8, 4) is 17.1 Å². The molecule has 35 heavy (non-hydrogen) atoms. The van der Waals surface area contributed by atoms with Crippen molar-refractivity contribution >= 4 is 35.0 Å². The summed E-state index contributed by atoms with van der Waals surface area (Å²) in [5.74, 6) is 1.07. The van der Waals surface area contributed by atoms with Crippen LogP contribution in [0, 0.1) is 6.92 Å². The Labute approximate surface area is 207 Å². The summed E-state index contributed by atoms with van der Waals surface area (Å²) in [5.41, 5.74) is 3.77. The quantitative estimate of drug-likeness (QED) is 0.347. The first-order chi connectivity index (χ1) is 17.0. The number of hydrogen-bond donors (Lipinski definition) is 2. The molecule has 2 amide bonds. The number of ether oxygens (including phenoxy) is 1. The van der Waals surface area contributed by atoms with Crippen molar-refractivity contribution in [2.24, 2.45) is 7.05 Å². The van der Waals surface area contributed by atoms with Crippen LogP contribution in [0.2, 0.25) is 0 Å². The molecule has 0 saturated heterocycles. The summed E-state index contributed by atoms with van der Waals surface area (Å²) >= 11 is 1.31. The van der Waals surface area contributed by atoms with E-state index in [-0.39, 0.29) is 17.6 Å². The van der Waals surface area contributed by atoms with Crippen LogP contribution in [-0.4, -0.2) is 39.4 Å². The van der Waals surface area contributed by atoms with E-state index in [1.165, 1.54) is 11.8 Å². The Kier molecular flexibility index (Phi) is 7.47. The maximum Gasteiger partial charge on any atom is 0.255 e. The molecule has 0 aliphatic rings. The van der Waals surface area contributed by atoms with Crippen molar-refractivity contribution < 1.29 is 14.3 Å². The molecule has 0 atom stereocenters. The van der Waals surface area contributed by atoms with Crippen molar-refractivity contribution in [1.29, 1.82) is 0 Å². The van der Waals surface area contributed by atoms with Gasteiger partial charge in [-0.1, -0.05) is 48.2 Å². The number of aryl methyl sites for hydroxylation is 1. The van der Waals surface area contributed by atoms with Gasteiger partial charge in [0.05, 0.1) is 18.6 Å². The largest absolute Gasteiger partial charge is 0.495 e. The molecule has 1 heterocycles. The van der Waals surface area contributed by atoms with Gasteiger partial charge in [0.1, 0.15) is 5.75 Å². The van der Waals surface area contributed by atoms with Crippen molar-refractivity contribution in [2.75, 3.05) is 23.5 Å². The molecule has 9 heteroatoms. The van der Waals surface area contributed by atoms with Gasteiger partial charge >= 0.3 is 0 Å². The molecule has 0 aliphatic heterocycles. The second-order valence-corrected chi connectivity index (χ2v) is 8.69. The van der Waals surface area contributed by atoms with Crippen LogP contribution >= 0.6 is 11.8 Å². The number of amides is 2. The van der Waals surface area contributed by atoms with E-state index in [9.17, 15) is 9.59 Å². The predicted molar refractivity (Wildman–Crippen MR) is 138 cm³/mol. The summed E-state index contributed by atoms with van der Waals surface area (Å²) in [4.78, 5) is 25.0. The Bertz CT molecular complexity index is 1350. The zero-order valence-corrected chi connectivity index (χ0v) is 20.4. The van der Waals surface area contributed by atoms with Crippen LogP contribution in [0.15, 0.2) is 78.0 Å². The first kappa shape index (κ1) is 24.0. The topological polar surface area (TPSA) is 98.1 Å². The second-order valence-electron chi connectivity index (χ2n) is 7.75. The first-order valence-corrected chi connectivity index (χ1v) is 11.9. The van der Waals surface area contributed by atoms with Gasteiger partial charge in [0.2, 0.25) is 5.91 Å². The fourth-order valence-electron chi connectivity index (χ4n) is 3.47. The number of thioether (sulfide) groups is 1. The van der Waals surface area contributed by atoms with E-state index < -0.39 is 0 Å². The fourth-order valence-corrected chi connectivity index (χ4v) is 4.18. The lowest BCUT2D eigenvalue weighted by molar-refractivity contribution is -0.113. The van der Waals surface area contributed by atoms with Crippen LogP contribution < -0.4 is 15.4 Å². The van der Waals surface area contributed by atoms with E-state index in [2.05, 4.69) is 20.8 Å². The molecular weight excluding hydrogens is 462 g/mol. The number of carbonyl (C=O) groups excluding carboxylic acids is 2. The van der Waals surface area contributed by atoms with Gasteiger partial charge in [0.15, 0.2) is 11.0 Å². The lowest BCUT2D eigenvalue weighted by atomic mass is 10.1. The third-order valence-corrected chi connectivity index (χ3v) is 6.36. The van der Waals surface area contributed by atoms with E-state index in [0.717, 1.165) is 17.0 Å². The van der Waals surface area contributed by atoms with Crippen molar-refractivity contribution in [3.05, 3.63) is 83.9 Å². The summed E-state index contributed by atoms with van der Waals surface area (Å²) in [6, 6.07) is 21.9. The Morgan fingerprint density at radius 3 is 2.40 bits per heavy atom.